The number of rotatable bonds is 5. The van der Waals surface area contributed by atoms with Crippen LogP contribution in [0.4, 0.5) is 0 Å². The average Bonchev–Trinajstić information content (AvgIpc) is 2.65. The summed E-state index contributed by atoms with van der Waals surface area (Å²) in [5.41, 5.74) is 1.37. The number of ether oxygens (including phenoxy) is 2. The minimum absolute atomic E-state index is 0.143. The van der Waals surface area contributed by atoms with Gasteiger partial charge in [0.2, 0.25) is 0 Å². The first-order valence-electron chi connectivity index (χ1n) is 7.58. The zero-order valence-electron chi connectivity index (χ0n) is 14.0. The van der Waals surface area contributed by atoms with E-state index in [9.17, 15) is 9.59 Å². The molecule has 128 valence electrons. The van der Waals surface area contributed by atoms with Crippen molar-refractivity contribution in [3.05, 3.63) is 59.4 Å². The van der Waals surface area contributed by atoms with Crippen molar-refractivity contribution in [2.45, 2.75) is 6.92 Å². The van der Waals surface area contributed by atoms with Gasteiger partial charge in [-0.2, -0.15) is 0 Å². The summed E-state index contributed by atoms with van der Waals surface area (Å²) in [4.78, 5) is 27.9. The number of carbonyl (C=O) groups excluding carboxylic acids is 2. The minimum atomic E-state index is -0.558. The Kier molecular flexibility index (Phi) is 6.55. The minimum Gasteiger partial charge on any atom is -0.479 e. The van der Waals surface area contributed by atoms with Crippen molar-refractivity contribution in [3.8, 4) is 17.6 Å². The molecule has 0 unspecified atom stereocenters. The lowest BCUT2D eigenvalue weighted by molar-refractivity contribution is 0.0596. The largest absolute Gasteiger partial charge is 0.479 e. The predicted molar refractivity (Wildman–Crippen MR) is 92.4 cm³/mol. The SMILES string of the molecule is COC(=O)c1ccccc1C(=O)NCC#CCOc1ccc(C)nc1. The molecule has 0 spiro atoms. The van der Waals surface area contributed by atoms with Gasteiger partial charge in [0.15, 0.2) is 0 Å². The first-order chi connectivity index (χ1) is 12.1. The molecule has 0 aliphatic heterocycles. The second-order valence-electron chi connectivity index (χ2n) is 5.00. The molecular weight excluding hydrogens is 320 g/mol. The molecule has 1 N–H and O–H groups in total. The number of carbonyl (C=O) groups is 2. The normalized spacial score (nSPS) is 9.52. The lowest BCUT2D eigenvalue weighted by Gasteiger charge is -2.06. The third-order valence-corrected chi connectivity index (χ3v) is 3.23. The van der Waals surface area contributed by atoms with Gasteiger partial charge in [-0.25, -0.2) is 4.79 Å². The van der Waals surface area contributed by atoms with E-state index in [1.165, 1.54) is 13.2 Å². The molecule has 0 radical (unpaired) electrons. The van der Waals surface area contributed by atoms with E-state index in [1.54, 1.807) is 24.4 Å². The van der Waals surface area contributed by atoms with E-state index in [0.29, 0.717) is 5.75 Å². The maximum Gasteiger partial charge on any atom is 0.338 e. The number of benzene rings is 1. The summed E-state index contributed by atoms with van der Waals surface area (Å²) in [7, 11) is 1.27. The van der Waals surface area contributed by atoms with E-state index in [4.69, 9.17) is 4.74 Å². The van der Waals surface area contributed by atoms with E-state index in [0.717, 1.165) is 5.69 Å². The molecular formula is C19H18N2O4. The van der Waals surface area contributed by atoms with E-state index in [-0.39, 0.29) is 30.2 Å². The zero-order chi connectivity index (χ0) is 18.1. The number of nitrogens with one attached hydrogen (secondary N) is 1. The molecule has 0 fully saturated rings. The Balaban J connectivity index is 1.83. The van der Waals surface area contributed by atoms with Gasteiger partial charge in [-0.15, -0.1) is 0 Å². The number of amides is 1. The molecule has 1 aromatic heterocycles. The van der Waals surface area contributed by atoms with Crippen molar-refractivity contribution in [1.29, 1.82) is 0 Å². The number of aryl methyl sites for hydroxylation is 1. The molecule has 2 rings (SSSR count). The van der Waals surface area contributed by atoms with Crippen LogP contribution in [0.2, 0.25) is 0 Å². The Morgan fingerprint density at radius 2 is 1.88 bits per heavy atom. The van der Waals surface area contributed by atoms with Gasteiger partial charge in [0, 0.05) is 5.69 Å². The fourth-order valence-corrected chi connectivity index (χ4v) is 1.96. The number of pyridine rings is 1. The molecule has 0 saturated heterocycles. The van der Waals surface area contributed by atoms with Crippen molar-refractivity contribution in [2.75, 3.05) is 20.3 Å². The number of esters is 1. The first-order valence-corrected chi connectivity index (χ1v) is 7.58. The van der Waals surface area contributed by atoms with E-state index >= 15 is 0 Å². The van der Waals surface area contributed by atoms with Crippen LogP contribution < -0.4 is 10.1 Å². The van der Waals surface area contributed by atoms with Gasteiger partial charge in [-0.05, 0) is 31.2 Å². The highest BCUT2D eigenvalue weighted by atomic mass is 16.5. The molecule has 0 atom stereocenters. The Morgan fingerprint density at radius 3 is 2.56 bits per heavy atom. The molecule has 0 bridgehead atoms. The standard InChI is InChI=1S/C19H18N2O4/c1-14-9-10-15(13-21-14)25-12-6-5-11-20-18(22)16-7-3-4-8-17(16)19(23)24-2/h3-4,7-10,13H,11-12H2,1-2H3,(H,20,22). The third-order valence-electron chi connectivity index (χ3n) is 3.23. The Morgan fingerprint density at radius 1 is 1.12 bits per heavy atom. The maximum atomic E-state index is 12.1. The second-order valence-corrected chi connectivity index (χ2v) is 5.00. The van der Waals surface area contributed by atoms with Crippen molar-refractivity contribution in [3.63, 3.8) is 0 Å². The van der Waals surface area contributed by atoms with Gasteiger partial charge < -0.3 is 14.8 Å². The van der Waals surface area contributed by atoms with Gasteiger partial charge in [-0.3, -0.25) is 9.78 Å². The van der Waals surface area contributed by atoms with Gasteiger partial charge in [0.05, 0.1) is 31.0 Å². The molecule has 25 heavy (non-hydrogen) atoms. The summed E-state index contributed by atoms with van der Waals surface area (Å²) in [6.07, 6.45) is 1.63. The number of hydrogen-bond donors (Lipinski definition) is 1. The van der Waals surface area contributed by atoms with Crippen LogP contribution >= 0.6 is 0 Å². The Labute approximate surface area is 146 Å². The molecule has 1 aromatic carbocycles. The highest BCUT2D eigenvalue weighted by Crippen LogP contribution is 2.10. The number of nitrogens with zero attached hydrogens (tertiary/aromatic N) is 1. The summed E-state index contributed by atoms with van der Waals surface area (Å²) in [6.45, 7) is 2.23. The van der Waals surface area contributed by atoms with Crippen LogP contribution in [0.3, 0.4) is 0 Å². The van der Waals surface area contributed by atoms with E-state index in [1.807, 2.05) is 19.1 Å². The van der Waals surface area contributed by atoms with Crippen molar-refractivity contribution in [1.82, 2.24) is 10.3 Å². The number of hydrogen-bond acceptors (Lipinski definition) is 5. The Hall–Kier alpha value is -3.33. The molecule has 0 saturated carbocycles. The number of aromatic nitrogens is 1. The van der Waals surface area contributed by atoms with Crippen LogP contribution in [0, 0.1) is 18.8 Å². The third kappa shape index (κ3) is 5.36. The van der Waals surface area contributed by atoms with Crippen molar-refractivity contribution < 1.29 is 19.1 Å². The van der Waals surface area contributed by atoms with Crippen LogP contribution in [-0.4, -0.2) is 37.1 Å². The average molecular weight is 338 g/mol. The van der Waals surface area contributed by atoms with E-state index < -0.39 is 5.97 Å². The Bertz CT molecular complexity index is 804. The van der Waals surface area contributed by atoms with Gasteiger partial charge in [0.25, 0.3) is 5.91 Å². The highest BCUT2D eigenvalue weighted by Gasteiger charge is 2.16. The lowest BCUT2D eigenvalue weighted by Crippen LogP contribution is -2.25. The molecule has 0 aliphatic rings. The topological polar surface area (TPSA) is 77.5 Å². The highest BCUT2D eigenvalue weighted by molar-refractivity contribution is 6.05. The van der Waals surface area contributed by atoms with Gasteiger partial charge >= 0.3 is 5.97 Å². The van der Waals surface area contributed by atoms with Crippen LogP contribution in [0.1, 0.15) is 26.4 Å². The monoisotopic (exact) mass is 338 g/mol. The molecule has 2 aromatic rings. The van der Waals surface area contributed by atoms with Crippen LogP contribution in [0.25, 0.3) is 0 Å². The van der Waals surface area contributed by atoms with Crippen LogP contribution in [-0.2, 0) is 4.74 Å². The molecule has 6 nitrogen and oxygen atoms in total. The molecule has 1 amide bonds. The predicted octanol–water partition coefficient (Wildman–Crippen LogP) is 1.99. The van der Waals surface area contributed by atoms with Crippen LogP contribution in [0.15, 0.2) is 42.6 Å². The summed E-state index contributed by atoms with van der Waals surface area (Å²) in [5, 5.41) is 2.64. The first kappa shape index (κ1) is 18.0. The van der Waals surface area contributed by atoms with Gasteiger partial charge in [-0.1, -0.05) is 24.0 Å². The molecule has 0 aliphatic carbocycles. The van der Waals surface area contributed by atoms with Crippen molar-refractivity contribution in [2.24, 2.45) is 0 Å². The van der Waals surface area contributed by atoms with E-state index in [2.05, 4.69) is 26.9 Å². The summed E-state index contributed by atoms with van der Waals surface area (Å²) in [5.74, 6) is 5.27. The smallest absolute Gasteiger partial charge is 0.338 e. The number of methoxy groups -OCH3 is 1. The quantitative estimate of drug-likeness (QED) is 0.666. The summed E-state index contributed by atoms with van der Waals surface area (Å²) < 4.78 is 10.1. The summed E-state index contributed by atoms with van der Waals surface area (Å²) in [6, 6.07) is 10.1. The summed E-state index contributed by atoms with van der Waals surface area (Å²) >= 11 is 0. The second kappa shape index (κ2) is 9.08. The lowest BCUT2D eigenvalue weighted by atomic mass is 10.1. The zero-order valence-corrected chi connectivity index (χ0v) is 14.0. The maximum absolute atomic E-state index is 12.1. The van der Waals surface area contributed by atoms with Crippen molar-refractivity contribution >= 4 is 11.9 Å². The van der Waals surface area contributed by atoms with Crippen LogP contribution in [0.5, 0.6) is 5.75 Å². The fourth-order valence-electron chi connectivity index (χ4n) is 1.96. The van der Waals surface area contributed by atoms with Gasteiger partial charge in [0.1, 0.15) is 12.4 Å². The molecule has 1 heterocycles. The molecule has 6 heteroatoms. The fraction of sp³-hybridized carbons (Fsp3) is 0.211.